The molecule has 1 atom stereocenters. The van der Waals surface area contributed by atoms with E-state index in [1.54, 1.807) is 4.90 Å². The number of likely N-dealkylation sites (tertiary alicyclic amines) is 1. The smallest absolute Gasteiger partial charge is 0.234 e. The lowest BCUT2D eigenvalue weighted by Crippen LogP contribution is -2.50. The highest BCUT2D eigenvalue weighted by molar-refractivity contribution is 7.88. The van der Waals surface area contributed by atoms with Crippen LogP contribution in [0.3, 0.4) is 0 Å². The van der Waals surface area contributed by atoms with Crippen molar-refractivity contribution in [1.29, 1.82) is 0 Å². The summed E-state index contributed by atoms with van der Waals surface area (Å²) in [6.07, 6.45) is 2.65. The van der Waals surface area contributed by atoms with E-state index in [0.29, 0.717) is 24.6 Å². The minimum atomic E-state index is -3.30. The molecule has 1 saturated heterocycles. The van der Waals surface area contributed by atoms with Gasteiger partial charge in [-0.2, -0.15) is 0 Å². The lowest BCUT2D eigenvalue weighted by molar-refractivity contribution is -0.133. The summed E-state index contributed by atoms with van der Waals surface area (Å²) in [5, 5.41) is 0. The first-order chi connectivity index (χ1) is 12.9. The van der Waals surface area contributed by atoms with E-state index >= 15 is 0 Å². The summed E-state index contributed by atoms with van der Waals surface area (Å²) in [5.74, 6) is 0.927. The van der Waals surface area contributed by atoms with Gasteiger partial charge in [0.25, 0.3) is 0 Å². The van der Waals surface area contributed by atoms with E-state index in [1.165, 1.54) is 0 Å². The Bertz CT molecular complexity index is 928. The molecule has 142 valence electrons. The number of piperidine rings is 1. The van der Waals surface area contributed by atoms with Crippen LogP contribution in [-0.4, -0.2) is 44.6 Å². The van der Waals surface area contributed by atoms with Crippen molar-refractivity contribution >= 4 is 15.9 Å². The van der Waals surface area contributed by atoms with Crippen LogP contribution in [0.1, 0.15) is 29.9 Å². The molecule has 0 radical (unpaired) electrons. The van der Waals surface area contributed by atoms with Gasteiger partial charge in [0.05, 0.1) is 12.2 Å². The van der Waals surface area contributed by atoms with Gasteiger partial charge in [0.2, 0.25) is 15.9 Å². The number of sulfonamides is 1. The molecule has 0 aliphatic carbocycles. The van der Waals surface area contributed by atoms with Crippen molar-refractivity contribution in [3.05, 3.63) is 59.7 Å². The molecule has 6 nitrogen and oxygen atoms in total. The number of hydrogen-bond donors (Lipinski definition) is 1. The maximum absolute atomic E-state index is 13.5. The first-order valence-electron chi connectivity index (χ1n) is 9.04. The highest BCUT2D eigenvalue weighted by Crippen LogP contribution is 2.44. The maximum atomic E-state index is 13.5. The molecular weight excluding hydrogens is 364 g/mol. The molecule has 2 aromatic carbocycles. The molecule has 0 bridgehead atoms. The third-order valence-electron chi connectivity index (χ3n) is 5.04. The number of ether oxygens (including phenoxy) is 1. The van der Waals surface area contributed by atoms with Crippen molar-refractivity contribution in [3.8, 4) is 11.5 Å². The number of rotatable bonds is 3. The Morgan fingerprint density at radius 2 is 1.67 bits per heavy atom. The molecule has 7 heteroatoms. The molecule has 2 aliphatic rings. The van der Waals surface area contributed by atoms with Crippen LogP contribution in [0.15, 0.2) is 48.5 Å². The van der Waals surface area contributed by atoms with Gasteiger partial charge in [-0.3, -0.25) is 4.79 Å². The predicted molar refractivity (Wildman–Crippen MR) is 102 cm³/mol. The average Bonchev–Trinajstić information content (AvgIpc) is 2.64. The van der Waals surface area contributed by atoms with Crippen LogP contribution < -0.4 is 9.46 Å². The molecule has 0 unspecified atom stereocenters. The number of para-hydroxylation sites is 2. The topological polar surface area (TPSA) is 75.7 Å². The van der Waals surface area contributed by atoms with Gasteiger partial charge in [0.15, 0.2) is 0 Å². The Morgan fingerprint density at radius 1 is 1.07 bits per heavy atom. The largest absolute Gasteiger partial charge is 0.457 e. The molecule has 1 amide bonds. The van der Waals surface area contributed by atoms with Crippen LogP contribution in [-0.2, 0) is 14.8 Å². The van der Waals surface area contributed by atoms with Crippen molar-refractivity contribution < 1.29 is 17.9 Å². The molecule has 4 rings (SSSR count). The first-order valence-corrected chi connectivity index (χ1v) is 10.9. The second-order valence-corrected chi connectivity index (χ2v) is 8.90. The van der Waals surface area contributed by atoms with Gasteiger partial charge in [-0.1, -0.05) is 36.4 Å². The van der Waals surface area contributed by atoms with Gasteiger partial charge in [-0.25, -0.2) is 13.1 Å². The molecule has 1 N–H and O–H groups in total. The number of carbonyl (C=O) groups excluding carboxylic acids is 1. The zero-order chi connectivity index (χ0) is 19.0. The van der Waals surface area contributed by atoms with Gasteiger partial charge in [0, 0.05) is 30.3 Å². The van der Waals surface area contributed by atoms with Crippen molar-refractivity contribution in [3.63, 3.8) is 0 Å². The van der Waals surface area contributed by atoms with E-state index in [2.05, 4.69) is 4.72 Å². The highest BCUT2D eigenvalue weighted by atomic mass is 32.2. The average molecular weight is 386 g/mol. The fraction of sp³-hybridized carbons (Fsp3) is 0.350. The molecule has 2 aromatic rings. The highest BCUT2D eigenvalue weighted by Gasteiger charge is 2.36. The normalized spacial score (nSPS) is 19.7. The van der Waals surface area contributed by atoms with Crippen molar-refractivity contribution in [2.24, 2.45) is 0 Å². The third kappa shape index (κ3) is 3.70. The third-order valence-corrected chi connectivity index (χ3v) is 5.80. The summed E-state index contributed by atoms with van der Waals surface area (Å²) >= 11 is 0. The van der Waals surface area contributed by atoms with Gasteiger partial charge in [0.1, 0.15) is 11.5 Å². The van der Waals surface area contributed by atoms with Gasteiger partial charge in [-0.05, 0) is 25.0 Å². The minimum absolute atomic E-state index is 0.0156. The fourth-order valence-electron chi connectivity index (χ4n) is 3.93. The quantitative estimate of drug-likeness (QED) is 0.879. The number of fused-ring (bicyclic) bond motifs is 2. The lowest BCUT2D eigenvalue weighted by Gasteiger charge is -2.36. The molecule has 2 aliphatic heterocycles. The Labute approximate surface area is 159 Å². The first kappa shape index (κ1) is 18.0. The van der Waals surface area contributed by atoms with Crippen LogP contribution in [0, 0.1) is 0 Å². The Balaban J connectivity index is 1.66. The van der Waals surface area contributed by atoms with E-state index in [1.807, 2.05) is 48.5 Å². The molecule has 2 heterocycles. The maximum Gasteiger partial charge on any atom is 0.234 e. The zero-order valence-corrected chi connectivity index (χ0v) is 15.9. The van der Waals surface area contributed by atoms with Gasteiger partial charge < -0.3 is 9.64 Å². The van der Waals surface area contributed by atoms with E-state index in [4.69, 9.17) is 4.74 Å². The number of hydrogen-bond acceptors (Lipinski definition) is 4. The molecule has 1 fully saturated rings. The standard InChI is InChI=1S/C20H22N2O4S/c1-27(24,25)21-14-7-6-12-22(13-14)20(23)19-15-8-2-4-10-17(15)26-18-11-5-3-9-16(18)19/h2-5,8-11,14,19,21H,6-7,12-13H2,1H3/t14-/m1/s1. The number of nitrogens with one attached hydrogen (secondary N) is 1. The lowest BCUT2D eigenvalue weighted by atomic mass is 9.86. The number of carbonyl (C=O) groups is 1. The van der Waals surface area contributed by atoms with E-state index < -0.39 is 15.9 Å². The summed E-state index contributed by atoms with van der Waals surface area (Å²) in [6, 6.07) is 14.9. The molecule has 27 heavy (non-hydrogen) atoms. The summed E-state index contributed by atoms with van der Waals surface area (Å²) in [4.78, 5) is 15.3. The SMILES string of the molecule is CS(=O)(=O)N[C@@H]1CCCN(C(=O)C2c3ccccc3Oc3ccccc32)C1. The Morgan fingerprint density at radius 3 is 2.26 bits per heavy atom. The van der Waals surface area contributed by atoms with Crippen molar-refractivity contribution in [2.75, 3.05) is 19.3 Å². The summed E-state index contributed by atoms with van der Waals surface area (Å²) < 4.78 is 31.8. The second kappa shape index (κ2) is 6.98. The minimum Gasteiger partial charge on any atom is -0.457 e. The van der Waals surface area contributed by atoms with Crippen LogP contribution in [0.4, 0.5) is 0 Å². The van der Waals surface area contributed by atoms with Crippen LogP contribution >= 0.6 is 0 Å². The fourth-order valence-corrected chi connectivity index (χ4v) is 4.73. The molecular formula is C20H22N2O4S. The molecule has 0 spiro atoms. The van der Waals surface area contributed by atoms with Crippen molar-refractivity contribution in [2.45, 2.75) is 24.8 Å². The summed E-state index contributed by atoms with van der Waals surface area (Å²) in [6.45, 7) is 1.01. The van der Waals surface area contributed by atoms with E-state index in [0.717, 1.165) is 30.2 Å². The summed E-state index contributed by atoms with van der Waals surface area (Å²) in [7, 11) is -3.30. The predicted octanol–water partition coefficient (Wildman–Crippen LogP) is 2.46. The van der Waals surface area contributed by atoms with Gasteiger partial charge >= 0.3 is 0 Å². The molecule has 0 aromatic heterocycles. The monoisotopic (exact) mass is 386 g/mol. The Hall–Kier alpha value is -2.38. The van der Waals surface area contributed by atoms with Crippen LogP contribution in [0.5, 0.6) is 11.5 Å². The van der Waals surface area contributed by atoms with Crippen LogP contribution in [0.25, 0.3) is 0 Å². The number of amides is 1. The number of benzene rings is 2. The van der Waals surface area contributed by atoms with Gasteiger partial charge in [-0.15, -0.1) is 0 Å². The van der Waals surface area contributed by atoms with Crippen molar-refractivity contribution in [1.82, 2.24) is 9.62 Å². The van der Waals surface area contributed by atoms with Crippen LogP contribution in [0.2, 0.25) is 0 Å². The summed E-state index contributed by atoms with van der Waals surface area (Å²) in [5.41, 5.74) is 1.69. The number of nitrogens with zero attached hydrogens (tertiary/aromatic N) is 1. The van der Waals surface area contributed by atoms with E-state index in [9.17, 15) is 13.2 Å². The molecule has 0 saturated carbocycles. The zero-order valence-electron chi connectivity index (χ0n) is 15.1. The Kier molecular flexibility index (Phi) is 4.65. The second-order valence-electron chi connectivity index (χ2n) is 7.12. The van der Waals surface area contributed by atoms with E-state index in [-0.39, 0.29) is 11.9 Å².